The van der Waals surface area contributed by atoms with Crippen molar-refractivity contribution in [3.63, 3.8) is 0 Å². The van der Waals surface area contributed by atoms with Crippen molar-refractivity contribution in [2.24, 2.45) is 0 Å². The number of para-hydroxylation sites is 1. The van der Waals surface area contributed by atoms with Gasteiger partial charge in [0, 0.05) is 5.56 Å². The molecule has 4 rings (SSSR count). The number of carbonyl (C=O) groups is 1. The molecule has 0 amide bonds. The van der Waals surface area contributed by atoms with Crippen LogP contribution in [0.5, 0.6) is 11.5 Å². The van der Waals surface area contributed by atoms with E-state index in [4.69, 9.17) is 21.7 Å². The van der Waals surface area contributed by atoms with Crippen LogP contribution in [0, 0.1) is 10.9 Å². The Balaban J connectivity index is 1.49. The number of ketones is 1. The van der Waals surface area contributed by atoms with Gasteiger partial charge in [-0.2, -0.15) is 0 Å². The lowest BCUT2D eigenvalue weighted by Gasteiger charge is -2.04. The molecule has 0 atom stereocenters. The second-order valence-electron chi connectivity index (χ2n) is 5.61. The van der Waals surface area contributed by atoms with E-state index >= 15 is 0 Å². The molecule has 0 saturated carbocycles. The van der Waals surface area contributed by atoms with Gasteiger partial charge in [0.2, 0.25) is 6.79 Å². The van der Waals surface area contributed by atoms with Crippen molar-refractivity contribution in [1.82, 2.24) is 9.78 Å². The predicted octanol–water partition coefficient (Wildman–Crippen LogP) is 4.68. The van der Waals surface area contributed by atoms with Crippen molar-refractivity contribution in [2.75, 3.05) is 12.5 Å². The highest BCUT2D eigenvalue weighted by molar-refractivity contribution is 8.01. The average Bonchev–Trinajstić information content (AvgIpc) is 3.25. The van der Waals surface area contributed by atoms with E-state index in [1.165, 1.54) is 23.1 Å². The van der Waals surface area contributed by atoms with Crippen LogP contribution in [0.15, 0.2) is 46.8 Å². The smallest absolute Gasteiger partial charge is 0.231 e. The fourth-order valence-corrected chi connectivity index (χ4v) is 4.79. The number of ether oxygens (including phenoxy) is 2. The Morgan fingerprint density at radius 3 is 2.92 bits per heavy atom. The first-order chi connectivity index (χ1) is 12.6. The zero-order valence-electron chi connectivity index (χ0n) is 13.8. The Morgan fingerprint density at radius 2 is 2.08 bits per heavy atom. The maximum atomic E-state index is 12.5. The highest BCUT2D eigenvalue weighted by Crippen LogP contribution is 2.33. The number of benzene rings is 2. The lowest BCUT2D eigenvalue weighted by atomic mass is 10.1. The standard InChI is InChI=1S/C18H14N2O3S3/c1-11-4-2-3-5-13(11)20-18(24)26-17(19-20)25-9-14(21)12-6-7-15-16(8-12)23-10-22-15/h2-8H,9-10H2,1H3. The largest absolute Gasteiger partial charge is 0.454 e. The zero-order chi connectivity index (χ0) is 18.1. The number of nitrogens with zero attached hydrogens (tertiary/aromatic N) is 2. The Bertz CT molecular complexity index is 1040. The molecule has 8 heteroatoms. The quantitative estimate of drug-likeness (QED) is 0.351. The Morgan fingerprint density at radius 1 is 1.27 bits per heavy atom. The van der Waals surface area contributed by atoms with E-state index in [0.717, 1.165) is 15.6 Å². The number of hydrogen-bond acceptors (Lipinski definition) is 7. The van der Waals surface area contributed by atoms with Crippen LogP contribution in [-0.2, 0) is 0 Å². The molecule has 0 N–H and O–H groups in total. The molecule has 3 aromatic rings. The third-order valence-electron chi connectivity index (χ3n) is 3.89. The fourth-order valence-electron chi connectivity index (χ4n) is 2.55. The van der Waals surface area contributed by atoms with Gasteiger partial charge in [0.05, 0.1) is 11.4 Å². The van der Waals surface area contributed by atoms with E-state index < -0.39 is 0 Å². The maximum absolute atomic E-state index is 12.5. The minimum atomic E-state index is 0.0110. The van der Waals surface area contributed by atoms with Crippen molar-refractivity contribution >= 4 is 41.1 Å². The van der Waals surface area contributed by atoms with Crippen LogP contribution in [0.4, 0.5) is 0 Å². The summed E-state index contributed by atoms with van der Waals surface area (Å²) in [5, 5.41) is 4.56. The summed E-state index contributed by atoms with van der Waals surface area (Å²) in [7, 11) is 0. The van der Waals surface area contributed by atoms with Gasteiger partial charge in [-0.25, -0.2) is 4.68 Å². The monoisotopic (exact) mass is 402 g/mol. The number of aryl methyl sites for hydroxylation is 1. The van der Waals surface area contributed by atoms with Crippen LogP contribution in [-0.4, -0.2) is 28.1 Å². The number of carbonyl (C=O) groups excluding carboxylic acids is 1. The molecule has 0 bridgehead atoms. The molecule has 0 radical (unpaired) electrons. The summed E-state index contributed by atoms with van der Waals surface area (Å²) in [5.74, 6) is 1.58. The molecule has 5 nitrogen and oxygen atoms in total. The van der Waals surface area contributed by atoms with Crippen molar-refractivity contribution < 1.29 is 14.3 Å². The number of fused-ring (bicyclic) bond motifs is 1. The van der Waals surface area contributed by atoms with Gasteiger partial charge in [0.25, 0.3) is 0 Å². The Hall–Kier alpha value is -2.16. The first-order valence-corrected chi connectivity index (χ1v) is 10.0. The summed E-state index contributed by atoms with van der Waals surface area (Å²) in [5.41, 5.74) is 2.66. The molecule has 0 unspecified atom stereocenters. The molecule has 132 valence electrons. The van der Waals surface area contributed by atoms with Gasteiger partial charge in [-0.1, -0.05) is 41.3 Å². The SMILES string of the molecule is Cc1ccccc1-n1nc(SCC(=O)c2ccc3c(c2)OCO3)sc1=S. The predicted molar refractivity (Wildman–Crippen MR) is 105 cm³/mol. The second-order valence-corrected chi connectivity index (χ2v) is 8.46. The molecule has 26 heavy (non-hydrogen) atoms. The highest BCUT2D eigenvalue weighted by atomic mass is 32.2. The first kappa shape index (κ1) is 17.3. The molecule has 1 aliphatic heterocycles. The molecule has 0 spiro atoms. The van der Waals surface area contributed by atoms with Crippen LogP contribution in [0.3, 0.4) is 0 Å². The second kappa shape index (κ2) is 7.22. The molecular formula is C18H14N2O3S3. The van der Waals surface area contributed by atoms with E-state index in [1.807, 2.05) is 31.2 Å². The van der Waals surface area contributed by atoms with Gasteiger partial charge in [0.1, 0.15) is 0 Å². The molecule has 0 fully saturated rings. The normalized spacial score (nSPS) is 12.3. The molecule has 1 aromatic heterocycles. The van der Waals surface area contributed by atoms with Gasteiger partial charge in [0.15, 0.2) is 25.6 Å². The van der Waals surface area contributed by atoms with Crippen LogP contribution < -0.4 is 9.47 Å². The van der Waals surface area contributed by atoms with Gasteiger partial charge in [-0.15, -0.1) is 5.10 Å². The van der Waals surface area contributed by atoms with Crippen LogP contribution in [0.1, 0.15) is 15.9 Å². The third kappa shape index (κ3) is 3.40. The molecule has 0 aliphatic carbocycles. The van der Waals surface area contributed by atoms with Crippen LogP contribution in [0.25, 0.3) is 5.69 Å². The van der Waals surface area contributed by atoms with Gasteiger partial charge in [-0.05, 0) is 49.0 Å². The summed E-state index contributed by atoms with van der Waals surface area (Å²) in [4.78, 5) is 12.5. The van der Waals surface area contributed by atoms with Gasteiger partial charge < -0.3 is 9.47 Å². The summed E-state index contributed by atoms with van der Waals surface area (Å²) < 4.78 is 13.8. The lowest BCUT2D eigenvalue weighted by Crippen LogP contribution is -2.03. The fraction of sp³-hybridized carbons (Fsp3) is 0.167. The average molecular weight is 403 g/mol. The van der Waals surface area contributed by atoms with Crippen molar-refractivity contribution in [1.29, 1.82) is 0 Å². The number of Topliss-reactive ketones (excluding diaryl/α,β-unsaturated/α-hetero) is 1. The zero-order valence-corrected chi connectivity index (χ0v) is 16.2. The third-order valence-corrected chi connectivity index (χ3v) is 6.26. The van der Waals surface area contributed by atoms with Crippen LogP contribution >= 0.6 is 35.3 Å². The van der Waals surface area contributed by atoms with Crippen molar-refractivity contribution in [3.8, 4) is 17.2 Å². The van der Waals surface area contributed by atoms with E-state index in [1.54, 1.807) is 22.9 Å². The van der Waals surface area contributed by atoms with Crippen LogP contribution in [0.2, 0.25) is 0 Å². The summed E-state index contributed by atoms with van der Waals surface area (Å²) in [6.07, 6.45) is 0. The minimum Gasteiger partial charge on any atom is -0.454 e. The number of rotatable bonds is 5. The van der Waals surface area contributed by atoms with E-state index in [0.29, 0.717) is 21.0 Å². The Kier molecular flexibility index (Phi) is 4.80. The summed E-state index contributed by atoms with van der Waals surface area (Å²) >= 11 is 8.23. The van der Waals surface area contributed by atoms with E-state index in [2.05, 4.69) is 5.10 Å². The number of aromatic nitrogens is 2. The molecule has 1 aliphatic rings. The maximum Gasteiger partial charge on any atom is 0.231 e. The summed E-state index contributed by atoms with van der Waals surface area (Å²) in [6, 6.07) is 13.2. The van der Waals surface area contributed by atoms with Crippen molar-refractivity contribution in [2.45, 2.75) is 11.3 Å². The highest BCUT2D eigenvalue weighted by Gasteiger charge is 2.17. The molecular weight excluding hydrogens is 388 g/mol. The molecule has 2 aromatic carbocycles. The number of thioether (sulfide) groups is 1. The summed E-state index contributed by atoms with van der Waals surface area (Å²) in [6.45, 7) is 2.22. The van der Waals surface area contributed by atoms with Gasteiger partial charge in [-0.3, -0.25) is 4.79 Å². The van der Waals surface area contributed by atoms with E-state index in [-0.39, 0.29) is 18.3 Å². The van der Waals surface area contributed by atoms with Crippen molar-refractivity contribution in [3.05, 3.63) is 57.5 Å². The van der Waals surface area contributed by atoms with Gasteiger partial charge >= 0.3 is 0 Å². The number of hydrogen-bond donors (Lipinski definition) is 0. The lowest BCUT2D eigenvalue weighted by molar-refractivity contribution is 0.102. The molecule has 2 heterocycles. The first-order valence-electron chi connectivity index (χ1n) is 7.83. The molecule has 0 saturated heterocycles. The topological polar surface area (TPSA) is 53.4 Å². The Labute approximate surface area is 163 Å². The van der Waals surface area contributed by atoms with E-state index in [9.17, 15) is 4.79 Å². The minimum absolute atomic E-state index is 0.0110.